The zero-order valence-electron chi connectivity index (χ0n) is 8.09. The van der Waals surface area contributed by atoms with E-state index in [2.05, 4.69) is 0 Å². The van der Waals surface area contributed by atoms with Crippen LogP contribution in [-0.2, 0) is 9.53 Å². The van der Waals surface area contributed by atoms with E-state index in [4.69, 9.17) is 9.84 Å². The summed E-state index contributed by atoms with van der Waals surface area (Å²) in [4.78, 5) is 10.5. The number of aliphatic hydroxyl groups is 2. The number of aliphatic carboxylic acids is 1. The second-order valence-electron chi connectivity index (χ2n) is 3.75. The molecule has 1 aliphatic carbocycles. The largest absolute Gasteiger partial charge is 0.481 e. The van der Waals surface area contributed by atoms with Crippen molar-refractivity contribution in [2.45, 2.75) is 25.0 Å². The summed E-state index contributed by atoms with van der Waals surface area (Å²) in [7, 11) is 1.50. The van der Waals surface area contributed by atoms with Crippen molar-refractivity contribution < 1.29 is 24.9 Å². The smallest absolute Gasteiger partial charge is 0.303 e. The Morgan fingerprint density at radius 3 is 2.43 bits per heavy atom. The molecule has 14 heavy (non-hydrogen) atoms. The Morgan fingerprint density at radius 2 is 1.93 bits per heavy atom. The van der Waals surface area contributed by atoms with Crippen LogP contribution >= 0.6 is 0 Å². The van der Waals surface area contributed by atoms with E-state index < -0.39 is 24.1 Å². The molecule has 1 saturated carbocycles. The summed E-state index contributed by atoms with van der Waals surface area (Å²) in [5.41, 5.74) is 0. The highest BCUT2D eigenvalue weighted by atomic mass is 16.5. The minimum absolute atomic E-state index is 0.119. The van der Waals surface area contributed by atoms with Gasteiger partial charge in [0, 0.05) is 18.9 Å². The molecule has 1 rings (SSSR count). The average molecular weight is 204 g/mol. The second-order valence-corrected chi connectivity index (χ2v) is 3.75. The van der Waals surface area contributed by atoms with Gasteiger partial charge in [-0.05, 0) is 6.42 Å². The van der Waals surface area contributed by atoms with Crippen LogP contribution in [-0.4, -0.2) is 47.2 Å². The first-order valence-corrected chi connectivity index (χ1v) is 4.63. The normalized spacial score (nSPS) is 37.4. The van der Waals surface area contributed by atoms with Crippen LogP contribution in [0, 0.1) is 11.8 Å². The van der Waals surface area contributed by atoms with Gasteiger partial charge in [-0.2, -0.15) is 0 Å². The summed E-state index contributed by atoms with van der Waals surface area (Å²) in [6.07, 6.45) is -1.27. The van der Waals surface area contributed by atoms with Gasteiger partial charge in [-0.3, -0.25) is 4.79 Å². The molecule has 0 aromatic heterocycles. The summed E-state index contributed by atoms with van der Waals surface area (Å²) in [6, 6.07) is 0. The molecule has 0 saturated heterocycles. The van der Waals surface area contributed by atoms with E-state index in [9.17, 15) is 15.0 Å². The van der Waals surface area contributed by atoms with E-state index in [-0.39, 0.29) is 25.4 Å². The zero-order valence-corrected chi connectivity index (χ0v) is 8.09. The third-order valence-corrected chi connectivity index (χ3v) is 2.79. The maximum Gasteiger partial charge on any atom is 0.303 e. The fourth-order valence-electron chi connectivity index (χ4n) is 2.08. The lowest BCUT2D eigenvalue weighted by molar-refractivity contribution is -0.139. The quantitative estimate of drug-likeness (QED) is 0.572. The SMILES string of the molecule is COC[C@@H]1[C@@H](CC(=O)O)[C@@H](O)C[C@H]1O. The Morgan fingerprint density at radius 1 is 1.36 bits per heavy atom. The van der Waals surface area contributed by atoms with Crippen molar-refractivity contribution in [1.29, 1.82) is 0 Å². The predicted octanol–water partition coefficient (Wildman–Crippen LogP) is -0.535. The van der Waals surface area contributed by atoms with Crippen molar-refractivity contribution in [3.05, 3.63) is 0 Å². The molecule has 0 unspecified atom stereocenters. The van der Waals surface area contributed by atoms with E-state index in [1.807, 2.05) is 0 Å². The van der Waals surface area contributed by atoms with Gasteiger partial charge < -0.3 is 20.1 Å². The second kappa shape index (κ2) is 4.72. The summed E-state index contributed by atoms with van der Waals surface area (Å²) >= 11 is 0. The summed E-state index contributed by atoms with van der Waals surface area (Å²) in [5.74, 6) is -1.63. The van der Waals surface area contributed by atoms with Crippen molar-refractivity contribution in [1.82, 2.24) is 0 Å². The Hall–Kier alpha value is -0.650. The monoisotopic (exact) mass is 204 g/mol. The fourth-order valence-corrected chi connectivity index (χ4v) is 2.08. The van der Waals surface area contributed by atoms with E-state index in [1.54, 1.807) is 0 Å². The van der Waals surface area contributed by atoms with Crippen LogP contribution in [0.15, 0.2) is 0 Å². The topological polar surface area (TPSA) is 87.0 Å². The lowest BCUT2D eigenvalue weighted by atomic mass is 9.91. The molecule has 3 N–H and O–H groups in total. The van der Waals surface area contributed by atoms with Gasteiger partial charge in [-0.15, -0.1) is 0 Å². The number of rotatable bonds is 4. The van der Waals surface area contributed by atoms with E-state index in [0.29, 0.717) is 0 Å². The zero-order chi connectivity index (χ0) is 10.7. The fraction of sp³-hybridized carbons (Fsp3) is 0.889. The van der Waals surface area contributed by atoms with Crippen molar-refractivity contribution in [2.75, 3.05) is 13.7 Å². The number of carboxylic acid groups (broad SMARTS) is 1. The van der Waals surface area contributed by atoms with Crippen LogP contribution in [0.5, 0.6) is 0 Å². The van der Waals surface area contributed by atoms with Crippen molar-refractivity contribution in [3.63, 3.8) is 0 Å². The minimum Gasteiger partial charge on any atom is -0.481 e. The molecular weight excluding hydrogens is 188 g/mol. The molecule has 4 atom stereocenters. The first kappa shape index (κ1) is 11.4. The maximum absolute atomic E-state index is 10.5. The lowest BCUT2D eigenvalue weighted by Crippen LogP contribution is -2.28. The van der Waals surface area contributed by atoms with Crippen molar-refractivity contribution in [3.8, 4) is 0 Å². The standard InChI is InChI=1S/C9H16O5/c1-14-4-6-5(2-9(12)13)7(10)3-8(6)11/h5-8,10-11H,2-4H2,1H3,(H,12,13)/t5-,6-,7+,8-/m1/s1. The molecule has 0 radical (unpaired) electrons. The Labute approximate surface area is 82.3 Å². The summed E-state index contributed by atoms with van der Waals surface area (Å²) in [5, 5.41) is 27.7. The number of ether oxygens (including phenoxy) is 1. The maximum atomic E-state index is 10.5. The molecule has 0 bridgehead atoms. The molecule has 1 aliphatic rings. The number of carboxylic acids is 1. The highest BCUT2D eigenvalue weighted by Crippen LogP contribution is 2.34. The highest BCUT2D eigenvalue weighted by Gasteiger charge is 2.42. The van der Waals surface area contributed by atoms with Crippen molar-refractivity contribution >= 4 is 5.97 Å². The molecule has 0 aliphatic heterocycles. The molecular formula is C9H16O5. The van der Waals surface area contributed by atoms with Crippen LogP contribution in [0.25, 0.3) is 0 Å². The molecule has 5 nitrogen and oxygen atoms in total. The van der Waals surface area contributed by atoms with Gasteiger partial charge in [0.25, 0.3) is 0 Å². The van der Waals surface area contributed by atoms with Crippen LogP contribution in [0.3, 0.4) is 0 Å². The number of hydrogen-bond acceptors (Lipinski definition) is 4. The van der Waals surface area contributed by atoms with Gasteiger partial charge in [0.2, 0.25) is 0 Å². The van der Waals surface area contributed by atoms with Crippen LogP contribution in [0.1, 0.15) is 12.8 Å². The van der Waals surface area contributed by atoms with Gasteiger partial charge in [0.15, 0.2) is 0 Å². The van der Waals surface area contributed by atoms with Gasteiger partial charge >= 0.3 is 5.97 Å². The molecule has 5 heteroatoms. The van der Waals surface area contributed by atoms with Gasteiger partial charge in [0.1, 0.15) is 0 Å². The number of methoxy groups -OCH3 is 1. The predicted molar refractivity (Wildman–Crippen MR) is 47.7 cm³/mol. The third kappa shape index (κ3) is 2.43. The summed E-state index contributed by atoms with van der Waals surface area (Å²) in [6.45, 7) is 0.288. The van der Waals surface area contributed by atoms with Gasteiger partial charge in [-0.25, -0.2) is 0 Å². The molecule has 0 amide bonds. The highest BCUT2D eigenvalue weighted by molar-refractivity contribution is 5.67. The van der Waals surface area contributed by atoms with Crippen LogP contribution in [0.2, 0.25) is 0 Å². The van der Waals surface area contributed by atoms with Crippen LogP contribution in [0.4, 0.5) is 0 Å². The molecule has 0 spiro atoms. The first-order valence-electron chi connectivity index (χ1n) is 4.63. The van der Waals surface area contributed by atoms with E-state index in [1.165, 1.54) is 7.11 Å². The van der Waals surface area contributed by atoms with Gasteiger partial charge in [-0.1, -0.05) is 0 Å². The van der Waals surface area contributed by atoms with Crippen molar-refractivity contribution in [2.24, 2.45) is 11.8 Å². The van der Waals surface area contributed by atoms with Crippen LogP contribution < -0.4 is 0 Å². The Kier molecular flexibility index (Phi) is 3.86. The molecule has 0 aromatic rings. The summed E-state index contributed by atoms with van der Waals surface area (Å²) < 4.78 is 4.89. The number of carbonyl (C=O) groups is 1. The lowest BCUT2D eigenvalue weighted by Gasteiger charge is -2.20. The minimum atomic E-state index is -0.954. The van der Waals surface area contributed by atoms with E-state index in [0.717, 1.165) is 0 Å². The van der Waals surface area contributed by atoms with E-state index >= 15 is 0 Å². The first-order chi connectivity index (χ1) is 6.56. The Bertz CT molecular complexity index is 205. The molecule has 0 heterocycles. The Balaban J connectivity index is 2.62. The molecule has 1 fully saturated rings. The average Bonchev–Trinajstić information content (AvgIpc) is 2.31. The van der Waals surface area contributed by atoms with Gasteiger partial charge in [0.05, 0.1) is 25.2 Å². The third-order valence-electron chi connectivity index (χ3n) is 2.79. The number of aliphatic hydroxyl groups excluding tert-OH is 2. The molecule has 82 valence electrons. The molecule has 0 aromatic carbocycles. The number of hydrogen-bond donors (Lipinski definition) is 3.